The van der Waals surface area contributed by atoms with Crippen LogP contribution in [0.1, 0.15) is 0 Å². The third kappa shape index (κ3) is 1.20. The number of nitrogens with one attached hydrogen (secondary N) is 1. The molecule has 1 aliphatic rings. The van der Waals surface area contributed by atoms with E-state index in [4.69, 9.17) is 0 Å². The van der Waals surface area contributed by atoms with E-state index >= 15 is 0 Å². The zero-order chi connectivity index (χ0) is 5.11. The van der Waals surface area contributed by atoms with E-state index in [9.17, 15) is 0 Å². The van der Waals surface area contributed by atoms with Crippen LogP contribution in [0.25, 0.3) is 0 Å². The molecule has 0 radical (unpaired) electrons. The fourth-order valence-corrected chi connectivity index (χ4v) is 0.582. The second kappa shape index (κ2) is 1.98. The van der Waals surface area contributed by atoms with Gasteiger partial charge >= 0.3 is 0 Å². The van der Waals surface area contributed by atoms with E-state index in [0.717, 1.165) is 25.3 Å². The SMILES string of the molecule is [CH2+]C1=NCCNC1. The number of hydrogen-bond acceptors (Lipinski definition) is 2. The molecule has 1 heterocycles. The van der Waals surface area contributed by atoms with E-state index in [-0.39, 0.29) is 0 Å². The van der Waals surface area contributed by atoms with Crippen LogP contribution < -0.4 is 5.32 Å². The molecule has 0 saturated carbocycles. The Labute approximate surface area is 43.6 Å². The van der Waals surface area contributed by atoms with Crippen LogP contribution in [0.4, 0.5) is 0 Å². The Bertz CT molecular complexity index is 86.1. The predicted octanol–water partition coefficient (Wildman–Crippen LogP) is -0.135. The molecule has 0 aromatic rings. The van der Waals surface area contributed by atoms with Gasteiger partial charge < -0.3 is 5.32 Å². The molecule has 0 amide bonds. The molecule has 0 unspecified atom stereocenters. The minimum atomic E-state index is 0.875. The molecule has 0 atom stereocenters. The van der Waals surface area contributed by atoms with Gasteiger partial charge in [-0.1, -0.05) is 0 Å². The van der Waals surface area contributed by atoms with Crippen molar-refractivity contribution in [3.63, 3.8) is 0 Å². The summed E-state index contributed by atoms with van der Waals surface area (Å²) in [6.07, 6.45) is 0. The first-order valence-corrected chi connectivity index (χ1v) is 2.45. The van der Waals surface area contributed by atoms with E-state index < -0.39 is 0 Å². The van der Waals surface area contributed by atoms with Crippen LogP contribution in [-0.2, 0) is 0 Å². The van der Waals surface area contributed by atoms with Gasteiger partial charge in [-0.25, -0.2) is 4.99 Å². The molecule has 7 heavy (non-hydrogen) atoms. The van der Waals surface area contributed by atoms with Crippen LogP contribution in [0.5, 0.6) is 0 Å². The average Bonchev–Trinajstić information content (AvgIpc) is 1.69. The summed E-state index contributed by atoms with van der Waals surface area (Å²) in [7, 11) is 0. The highest BCUT2D eigenvalue weighted by Crippen LogP contribution is 1.80. The second-order valence-electron chi connectivity index (χ2n) is 1.62. The molecular weight excluding hydrogens is 88.1 g/mol. The first-order chi connectivity index (χ1) is 3.39. The van der Waals surface area contributed by atoms with Gasteiger partial charge in [0.2, 0.25) is 5.71 Å². The van der Waals surface area contributed by atoms with Gasteiger partial charge in [0.25, 0.3) is 0 Å². The number of rotatable bonds is 0. The molecule has 2 heteroatoms. The van der Waals surface area contributed by atoms with Gasteiger partial charge in [-0.15, -0.1) is 0 Å². The van der Waals surface area contributed by atoms with Crippen molar-refractivity contribution in [3.8, 4) is 0 Å². The number of hydrogen-bond donors (Lipinski definition) is 1. The summed E-state index contributed by atoms with van der Waals surface area (Å²) in [5.41, 5.74) is 0.978. The van der Waals surface area contributed by atoms with Crippen molar-refractivity contribution in [1.29, 1.82) is 0 Å². The third-order valence-corrected chi connectivity index (χ3v) is 0.953. The lowest BCUT2D eigenvalue weighted by Crippen LogP contribution is -2.29. The lowest BCUT2D eigenvalue weighted by Gasteiger charge is -2.02. The maximum absolute atomic E-state index is 4.07. The summed E-state index contributed by atoms with van der Waals surface area (Å²) in [6, 6.07) is 0. The highest BCUT2D eigenvalue weighted by atomic mass is 15.0. The fourth-order valence-electron chi connectivity index (χ4n) is 0.582. The summed E-state index contributed by atoms with van der Waals surface area (Å²) in [5, 5.41) is 3.14. The summed E-state index contributed by atoms with van der Waals surface area (Å²) in [6.45, 7) is 6.47. The van der Waals surface area contributed by atoms with Crippen LogP contribution in [-0.4, -0.2) is 25.3 Å². The predicted molar refractivity (Wildman–Crippen MR) is 30.5 cm³/mol. The quantitative estimate of drug-likeness (QED) is 0.418. The molecule has 0 spiro atoms. The highest BCUT2D eigenvalue weighted by Gasteiger charge is 2.01. The van der Waals surface area contributed by atoms with E-state index in [1.165, 1.54) is 0 Å². The van der Waals surface area contributed by atoms with Crippen molar-refractivity contribution in [2.45, 2.75) is 0 Å². The van der Waals surface area contributed by atoms with E-state index in [1.807, 2.05) is 0 Å². The number of nitrogens with zero attached hydrogens (tertiary/aromatic N) is 1. The number of aliphatic imine (C=N–C) groups is 1. The molecule has 1 N–H and O–H groups in total. The topological polar surface area (TPSA) is 24.4 Å². The highest BCUT2D eigenvalue weighted by molar-refractivity contribution is 5.90. The Kier molecular flexibility index (Phi) is 1.32. The fraction of sp³-hybridized carbons (Fsp3) is 0.600. The van der Waals surface area contributed by atoms with Crippen molar-refractivity contribution in [3.05, 3.63) is 6.92 Å². The molecule has 1 aliphatic heterocycles. The zero-order valence-electron chi connectivity index (χ0n) is 4.28. The molecule has 0 bridgehead atoms. The van der Waals surface area contributed by atoms with Gasteiger partial charge in [-0.2, -0.15) is 0 Å². The Morgan fingerprint density at radius 3 is 2.86 bits per heavy atom. The van der Waals surface area contributed by atoms with E-state index in [1.54, 1.807) is 0 Å². The standard InChI is InChI=1S/C5H9N2/c1-5-4-6-2-3-7-5/h6H,1-4H2/q+1. The minimum absolute atomic E-state index is 0.875. The molecule has 0 aliphatic carbocycles. The van der Waals surface area contributed by atoms with Gasteiger partial charge in [-0.05, 0) is 0 Å². The summed E-state index contributed by atoms with van der Waals surface area (Å²) in [4.78, 5) is 4.07. The Morgan fingerprint density at radius 1 is 1.71 bits per heavy atom. The van der Waals surface area contributed by atoms with Gasteiger partial charge in [0, 0.05) is 6.54 Å². The summed E-state index contributed by atoms with van der Waals surface area (Å²) in [5.74, 6) is 0. The lowest BCUT2D eigenvalue weighted by molar-refractivity contribution is 0.738. The van der Waals surface area contributed by atoms with Crippen molar-refractivity contribution in [1.82, 2.24) is 5.32 Å². The van der Waals surface area contributed by atoms with Crippen LogP contribution in [0.2, 0.25) is 0 Å². The van der Waals surface area contributed by atoms with Crippen LogP contribution in [0, 0.1) is 6.92 Å². The van der Waals surface area contributed by atoms with Gasteiger partial charge in [0.1, 0.15) is 6.92 Å². The van der Waals surface area contributed by atoms with Gasteiger partial charge in [-0.3, -0.25) is 0 Å². The smallest absolute Gasteiger partial charge is 0.204 e. The minimum Gasteiger partial charge on any atom is -0.306 e. The van der Waals surface area contributed by atoms with Crippen LogP contribution >= 0.6 is 0 Å². The Hall–Kier alpha value is -0.500. The van der Waals surface area contributed by atoms with Crippen LogP contribution in [0.3, 0.4) is 0 Å². The normalized spacial score (nSPS) is 21.4. The van der Waals surface area contributed by atoms with Crippen molar-refractivity contribution in [2.75, 3.05) is 19.6 Å². The summed E-state index contributed by atoms with van der Waals surface area (Å²) < 4.78 is 0. The first kappa shape index (κ1) is 4.65. The summed E-state index contributed by atoms with van der Waals surface area (Å²) >= 11 is 0. The molecule has 1 rings (SSSR count). The molecule has 38 valence electrons. The third-order valence-electron chi connectivity index (χ3n) is 0.953. The molecule has 2 nitrogen and oxygen atoms in total. The Morgan fingerprint density at radius 2 is 2.57 bits per heavy atom. The van der Waals surface area contributed by atoms with Gasteiger partial charge in [0.05, 0.1) is 13.1 Å². The largest absolute Gasteiger partial charge is 0.306 e. The lowest BCUT2D eigenvalue weighted by atomic mass is 10.3. The van der Waals surface area contributed by atoms with E-state index in [2.05, 4.69) is 17.2 Å². The average molecular weight is 97.1 g/mol. The molecule has 0 saturated heterocycles. The van der Waals surface area contributed by atoms with Gasteiger partial charge in [0.15, 0.2) is 0 Å². The maximum Gasteiger partial charge on any atom is 0.204 e. The van der Waals surface area contributed by atoms with Crippen molar-refractivity contribution in [2.24, 2.45) is 4.99 Å². The monoisotopic (exact) mass is 97.1 g/mol. The van der Waals surface area contributed by atoms with Crippen molar-refractivity contribution < 1.29 is 0 Å². The zero-order valence-corrected chi connectivity index (χ0v) is 4.28. The van der Waals surface area contributed by atoms with E-state index in [0.29, 0.717) is 0 Å². The first-order valence-electron chi connectivity index (χ1n) is 2.45. The maximum atomic E-state index is 4.07. The molecular formula is C5H9N2+. The molecule has 0 aromatic carbocycles. The van der Waals surface area contributed by atoms with Crippen LogP contribution in [0.15, 0.2) is 4.99 Å². The molecule has 0 aromatic heterocycles. The molecule has 0 fully saturated rings. The van der Waals surface area contributed by atoms with Crippen molar-refractivity contribution >= 4 is 5.71 Å². The Balaban J connectivity index is 2.40. The second-order valence-corrected chi connectivity index (χ2v) is 1.62.